The average Bonchev–Trinajstić information content (AvgIpc) is 3.12. The molecule has 53 heavy (non-hydrogen) atoms. The van der Waals surface area contributed by atoms with E-state index in [2.05, 4.69) is 4.98 Å². The first kappa shape index (κ1) is 44.4. The molecule has 0 bridgehead atoms. The average molecular weight is 756 g/mol. The number of pyridine rings is 1. The summed E-state index contributed by atoms with van der Waals surface area (Å²) in [6.07, 6.45) is -5.17. The van der Waals surface area contributed by atoms with Gasteiger partial charge in [0.1, 0.15) is 48.8 Å². The lowest BCUT2D eigenvalue weighted by Gasteiger charge is -2.43. The monoisotopic (exact) mass is 755 g/mol. The van der Waals surface area contributed by atoms with E-state index in [-0.39, 0.29) is 29.4 Å². The molecule has 2 fully saturated rings. The summed E-state index contributed by atoms with van der Waals surface area (Å²) < 4.78 is 33.3. The molecular formula is C37H57NO15. The van der Waals surface area contributed by atoms with Gasteiger partial charge in [-0.3, -0.25) is 4.79 Å². The van der Waals surface area contributed by atoms with Crippen molar-refractivity contribution in [3.63, 3.8) is 0 Å². The van der Waals surface area contributed by atoms with Gasteiger partial charge in [0.05, 0.1) is 39.1 Å². The highest BCUT2D eigenvalue weighted by Gasteiger charge is 2.48. The van der Waals surface area contributed by atoms with E-state index in [1.165, 1.54) is 14.2 Å². The molecule has 0 radical (unpaired) electrons. The predicted octanol–water partition coefficient (Wildman–Crippen LogP) is -0.0311. The number of hydrogen-bond acceptors (Lipinski definition) is 15. The molecule has 16 nitrogen and oxygen atoms in total. The molecule has 1 aromatic heterocycles. The quantitative estimate of drug-likeness (QED) is 0.0794. The van der Waals surface area contributed by atoms with E-state index < -0.39 is 86.3 Å². The standard InChI is InChI=1S/C37H57NO15/c1-9-19(3)32(53-36-31(46)29(44)27(42)24(52-36)17-50-35-30(45)28(43)26(41)23(16-39)51-35)20(4)15-18(2)11-10-13-37(6,47)14-12-22-21(5)25(40)33(48-7)34(38-22)49-8/h9-12,14-15,20,23-24,26-32,35-36,39,41-47H,13,16-17H2,1-8H3,(H,38,40). The van der Waals surface area contributed by atoms with Gasteiger partial charge in [-0.05, 0) is 52.7 Å². The molecule has 0 spiro atoms. The second-order valence-electron chi connectivity index (χ2n) is 13.8. The lowest BCUT2D eigenvalue weighted by molar-refractivity contribution is -0.335. The first-order valence-corrected chi connectivity index (χ1v) is 17.4. The highest BCUT2D eigenvalue weighted by atomic mass is 16.7. The van der Waals surface area contributed by atoms with Gasteiger partial charge >= 0.3 is 0 Å². The Balaban J connectivity index is 1.69. The van der Waals surface area contributed by atoms with Gasteiger partial charge in [0.25, 0.3) is 0 Å². The van der Waals surface area contributed by atoms with E-state index in [1.54, 1.807) is 32.1 Å². The van der Waals surface area contributed by atoms with Crippen molar-refractivity contribution in [3.05, 3.63) is 63.0 Å². The molecule has 16 heteroatoms. The number of rotatable bonds is 16. The molecule has 0 aromatic carbocycles. The molecule has 2 aliphatic rings. The fourth-order valence-electron chi connectivity index (χ4n) is 6.05. The number of allylic oxidation sites excluding steroid dienone is 3. The maximum Gasteiger partial charge on any atom is 0.238 e. The Hall–Kier alpha value is -2.97. The van der Waals surface area contributed by atoms with E-state index in [4.69, 9.17) is 28.4 Å². The molecular weight excluding hydrogens is 698 g/mol. The van der Waals surface area contributed by atoms with Gasteiger partial charge in [0.2, 0.25) is 17.1 Å². The third kappa shape index (κ3) is 11.1. The number of hydrogen-bond donors (Lipinski definition) is 9. The molecule has 1 aromatic rings. The van der Waals surface area contributed by atoms with Crippen molar-refractivity contribution in [2.45, 2.75) is 121 Å². The molecule has 13 unspecified atom stereocenters. The van der Waals surface area contributed by atoms with Gasteiger partial charge in [-0.2, -0.15) is 0 Å². The van der Waals surface area contributed by atoms with Gasteiger partial charge < -0.3 is 74.3 Å². The van der Waals surface area contributed by atoms with Crippen LogP contribution in [0.25, 0.3) is 6.08 Å². The van der Waals surface area contributed by atoms with Crippen molar-refractivity contribution in [3.8, 4) is 11.6 Å². The second kappa shape index (κ2) is 19.6. The molecule has 300 valence electrons. The normalized spacial score (nSPS) is 32.5. The van der Waals surface area contributed by atoms with Crippen LogP contribution in [0, 0.1) is 12.8 Å². The minimum absolute atomic E-state index is 0.0633. The van der Waals surface area contributed by atoms with Crippen LogP contribution in [0.4, 0.5) is 0 Å². The smallest absolute Gasteiger partial charge is 0.238 e. The van der Waals surface area contributed by atoms with Crippen molar-refractivity contribution >= 4 is 6.08 Å². The fraction of sp³-hybridized carbons (Fsp3) is 0.649. The third-order valence-corrected chi connectivity index (χ3v) is 9.46. The van der Waals surface area contributed by atoms with Gasteiger partial charge in [0, 0.05) is 17.2 Å². The molecule has 2 aliphatic heterocycles. The van der Waals surface area contributed by atoms with Crippen LogP contribution in [0.5, 0.6) is 11.6 Å². The highest BCUT2D eigenvalue weighted by molar-refractivity contribution is 5.54. The Bertz CT molecular complexity index is 1520. The van der Waals surface area contributed by atoms with Crippen LogP contribution in [-0.4, -0.2) is 146 Å². The Morgan fingerprint density at radius 3 is 2.13 bits per heavy atom. The van der Waals surface area contributed by atoms with Gasteiger partial charge in [-0.1, -0.05) is 42.9 Å². The minimum atomic E-state index is -1.70. The number of aromatic amines is 1. The zero-order valence-electron chi connectivity index (χ0n) is 31.4. The number of aliphatic hydroxyl groups excluding tert-OH is 7. The van der Waals surface area contributed by atoms with E-state index >= 15 is 0 Å². The largest absolute Gasteiger partial charge is 0.488 e. The van der Waals surface area contributed by atoms with Crippen LogP contribution in [0.15, 0.2) is 46.3 Å². The van der Waals surface area contributed by atoms with E-state index in [0.29, 0.717) is 11.3 Å². The van der Waals surface area contributed by atoms with Crippen molar-refractivity contribution in [1.82, 2.24) is 4.98 Å². The maximum absolute atomic E-state index is 12.6. The lowest BCUT2D eigenvalue weighted by Crippen LogP contribution is -2.62. The molecule has 0 amide bonds. The minimum Gasteiger partial charge on any atom is -0.488 e. The topological polar surface area (TPSA) is 250 Å². The highest BCUT2D eigenvalue weighted by Crippen LogP contribution is 2.30. The van der Waals surface area contributed by atoms with Crippen LogP contribution in [0.2, 0.25) is 0 Å². The molecule has 3 rings (SSSR count). The second-order valence-corrected chi connectivity index (χ2v) is 13.8. The van der Waals surface area contributed by atoms with E-state index in [9.17, 15) is 45.6 Å². The number of nitrogens with one attached hydrogen (secondary N) is 1. The summed E-state index contributed by atoms with van der Waals surface area (Å²) in [5.41, 5.74) is 0.893. The van der Waals surface area contributed by atoms with Gasteiger partial charge in [0.15, 0.2) is 12.6 Å². The summed E-state index contributed by atoms with van der Waals surface area (Å²) >= 11 is 0. The predicted molar refractivity (Wildman–Crippen MR) is 192 cm³/mol. The first-order valence-electron chi connectivity index (χ1n) is 17.4. The summed E-state index contributed by atoms with van der Waals surface area (Å²) in [4.78, 5) is 15.6. The fourth-order valence-corrected chi connectivity index (χ4v) is 6.05. The Morgan fingerprint density at radius 1 is 0.943 bits per heavy atom. The first-order chi connectivity index (χ1) is 24.9. The number of ether oxygens (including phenoxy) is 6. The SMILES string of the molecule is CC=C(C)C(OC1OC(COC2OC(CO)C(O)C(O)C2O)C(O)C(O)C1O)C(C)C=C(C)C=CCC(C)(O)C=Cc1[nH]c(OC)c(OC)c(=O)c1C. The van der Waals surface area contributed by atoms with E-state index in [1.807, 2.05) is 45.9 Å². The Labute approximate surface area is 309 Å². The molecule has 2 saturated heterocycles. The zero-order valence-corrected chi connectivity index (χ0v) is 31.4. The van der Waals surface area contributed by atoms with Crippen molar-refractivity contribution < 1.29 is 69.3 Å². The van der Waals surface area contributed by atoms with Crippen LogP contribution in [0.1, 0.15) is 52.3 Å². The summed E-state index contributed by atoms with van der Waals surface area (Å²) in [6, 6.07) is 0. The third-order valence-electron chi connectivity index (χ3n) is 9.46. The van der Waals surface area contributed by atoms with Crippen LogP contribution in [0.3, 0.4) is 0 Å². The number of methoxy groups -OCH3 is 2. The number of aliphatic hydroxyl groups is 8. The van der Waals surface area contributed by atoms with Crippen LogP contribution in [-0.2, 0) is 18.9 Å². The lowest BCUT2D eigenvalue weighted by atomic mass is 9.94. The van der Waals surface area contributed by atoms with Gasteiger partial charge in [-0.25, -0.2) is 0 Å². The number of aromatic nitrogens is 1. The summed E-state index contributed by atoms with van der Waals surface area (Å²) in [6.45, 7) is 9.54. The van der Waals surface area contributed by atoms with E-state index in [0.717, 1.165) is 11.1 Å². The molecule has 3 heterocycles. The molecule has 0 aliphatic carbocycles. The summed E-state index contributed by atoms with van der Waals surface area (Å²) in [5.74, 6) is -0.0651. The van der Waals surface area contributed by atoms with Crippen molar-refractivity contribution in [1.29, 1.82) is 0 Å². The molecule has 13 atom stereocenters. The van der Waals surface area contributed by atoms with Crippen molar-refractivity contribution in [2.75, 3.05) is 27.4 Å². The Morgan fingerprint density at radius 2 is 1.55 bits per heavy atom. The molecule has 0 saturated carbocycles. The Kier molecular flexibility index (Phi) is 16.4. The van der Waals surface area contributed by atoms with Crippen LogP contribution >= 0.6 is 0 Å². The summed E-state index contributed by atoms with van der Waals surface area (Å²) in [7, 11) is 2.79. The molecule has 9 N–H and O–H groups in total. The summed E-state index contributed by atoms with van der Waals surface area (Å²) in [5, 5.41) is 83.0. The zero-order chi connectivity index (χ0) is 39.8. The van der Waals surface area contributed by atoms with Crippen LogP contribution < -0.4 is 14.9 Å². The van der Waals surface area contributed by atoms with Gasteiger partial charge in [-0.15, -0.1) is 0 Å². The maximum atomic E-state index is 12.6. The van der Waals surface area contributed by atoms with Crippen molar-refractivity contribution in [2.24, 2.45) is 5.92 Å². The number of H-pyrrole nitrogens is 1.